The van der Waals surface area contributed by atoms with E-state index in [1.165, 1.54) is 6.20 Å². The number of amides is 1. The molecule has 1 aromatic carbocycles. The van der Waals surface area contributed by atoms with Crippen molar-refractivity contribution in [2.24, 2.45) is 0 Å². The van der Waals surface area contributed by atoms with Gasteiger partial charge >= 0.3 is 0 Å². The maximum Gasteiger partial charge on any atom is 0.257 e. The van der Waals surface area contributed by atoms with E-state index in [4.69, 9.17) is 10.5 Å². The fraction of sp³-hybridized carbons (Fsp3) is 0.143. The highest BCUT2D eigenvalue weighted by molar-refractivity contribution is 9.10. The Hall–Kier alpha value is -2.08. The zero-order valence-corrected chi connectivity index (χ0v) is 12.5. The smallest absolute Gasteiger partial charge is 0.257 e. The molecule has 0 spiro atoms. The number of pyridine rings is 1. The monoisotopic (exact) mass is 335 g/mol. The number of ether oxygens (including phenoxy) is 1. The molecule has 6 heteroatoms. The lowest BCUT2D eigenvalue weighted by Gasteiger charge is -2.08. The summed E-state index contributed by atoms with van der Waals surface area (Å²) in [4.78, 5) is 16.2. The van der Waals surface area contributed by atoms with Crippen molar-refractivity contribution in [1.29, 1.82) is 0 Å². The number of nitrogens with zero attached hydrogens (tertiary/aromatic N) is 1. The number of carbonyl (C=O) groups excluding carboxylic acids is 1. The van der Waals surface area contributed by atoms with Gasteiger partial charge in [0, 0.05) is 16.2 Å². The molecular weight excluding hydrogens is 322 g/mol. The van der Waals surface area contributed by atoms with Crippen molar-refractivity contribution in [2.45, 2.75) is 6.92 Å². The predicted octanol–water partition coefficient (Wildman–Crippen LogP) is 3.08. The zero-order valence-electron chi connectivity index (χ0n) is 10.9. The number of aromatic nitrogens is 1. The Morgan fingerprint density at radius 1 is 1.40 bits per heavy atom. The van der Waals surface area contributed by atoms with E-state index >= 15 is 0 Å². The molecule has 0 radical (unpaired) electrons. The minimum Gasteiger partial charge on any atom is -0.478 e. The van der Waals surface area contributed by atoms with Crippen molar-refractivity contribution in [1.82, 2.24) is 4.98 Å². The highest BCUT2D eigenvalue weighted by Gasteiger charge is 2.10. The molecule has 2 aromatic rings. The number of halogens is 1. The van der Waals surface area contributed by atoms with E-state index in [1.807, 2.05) is 6.92 Å². The number of nitrogen functional groups attached to an aromatic ring is 1. The lowest BCUT2D eigenvalue weighted by atomic mass is 10.1. The van der Waals surface area contributed by atoms with Gasteiger partial charge in [0.25, 0.3) is 5.91 Å². The quantitative estimate of drug-likeness (QED) is 0.841. The number of benzene rings is 1. The molecule has 0 bridgehead atoms. The van der Waals surface area contributed by atoms with Crippen LogP contribution in [-0.2, 0) is 0 Å². The summed E-state index contributed by atoms with van der Waals surface area (Å²) >= 11 is 3.31. The maximum atomic E-state index is 12.1. The fourth-order valence-corrected chi connectivity index (χ4v) is 1.97. The molecule has 20 heavy (non-hydrogen) atoms. The first-order valence-corrected chi connectivity index (χ1v) is 6.84. The second kappa shape index (κ2) is 6.38. The van der Waals surface area contributed by atoms with Crippen molar-refractivity contribution in [2.75, 3.05) is 17.7 Å². The SMILES string of the molecule is CCOc1ccc(NC(=O)c2cc(Br)ccc2N)cn1. The van der Waals surface area contributed by atoms with Gasteiger partial charge in [0.05, 0.1) is 24.1 Å². The number of nitrogens with one attached hydrogen (secondary N) is 1. The van der Waals surface area contributed by atoms with E-state index in [0.717, 1.165) is 4.47 Å². The predicted molar refractivity (Wildman–Crippen MR) is 81.9 cm³/mol. The van der Waals surface area contributed by atoms with Crippen molar-refractivity contribution < 1.29 is 9.53 Å². The molecule has 0 unspecified atom stereocenters. The minimum atomic E-state index is -0.283. The van der Waals surface area contributed by atoms with Crippen LogP contribution in [0.5, 0.6) is 5.88 Å². The molecule has 0 saturated heterocycles. The number of carbonyl (C=O) groups is 1. The van der Waals surface area contributed by atoms with Crippen LogP contribution in [0.15, 0.2) is 41.0 Å². The summed E-state index contributed by atoms with van der Waals surface area (Å²) in [7, 11) is 0. The average molecular weight is 336 g/mol. The molecule has 104 valence electrons. The largest absolute Gasteiger partial charge is 0.478 e. The summed E-state index contributed by atoms with van der Waals surface area (Å²) < 4.78 is 6.03. The summed E-state index contributed by atoms with van der Waals surface area (Å²) in [6, 6.07) is 8.56. The molecule has 1 aromatic heterocycles. The normalized spacial score (nSPS) is 10.1. The molecule has 0 aliphatic carbocycles. The third-order valence-electron chi connectivity index (χ3n) is 2.55. The van der Waals surface area contributed by atoms with Gasteiger partial charge in [-0.25, -0.2) is 4.98 Å². The van der Waals surface area contributed by atoms with Gasteiger partial charge in [0.15, 0.2) is 0 Å². The summed E-state index contributed by atoms with van der Waals surface area (Å²) in [5.41, 5.74) is 7.20. The first-order valence-electron chi connectivity index (χ1n) is 6.05. The third kappa shape index (κ3) is 3.48. The number of nitrogens with two attached hydrogens (primary N) is 1. The first kappa shape index (κ1) is 14.3. The van der Waals surface area contributed by atoms with Crippen LogP contribution in [0.2, 0.25) is 0 Å². The van der Waals surface area contributed by atoms with E-state index in [1.54, 1.807) is 30.3 Å². The van der Waals surface area contributed by atoms with Crippen LogP contribution in [0, 0.1) is 0 Å². The minimum absolute atomic E-state index is 0.283. The molecule has 0 fully saturated rings. The molecule has 3 N–H and O–H groups in total. The molecule has 2 rings (SSSR count). The maximum absolute atomic E-state index is 12.1. The topological polar surface area (TPSA) is 77.2 Å². The summed E-state index contributed by atoms with van der Waals surface area (Å²) in [5.74, 6) is 0.238. The van der Waals surface area contributed by atoms with Crippen molar-refractivity contribution in [3.8, 4) is 5.88 Å². The van der Waals surface area contributed by atoms with E-state index < -0.39 is 0 Å². The van der Waals surface area contributed by atoms with E-state index in [9.17, 15) is 4.79 Å². The Bertz CT molecular complexity index is 614. The highest BCUT2D eigenvalue weighted by Crippen LogP contribution is 2.20. The Morgan fingerprint density at radius 3 is 2.85 bits per heavy atom. The Kier molecular flexibility index (Phi) is 4.57. The van der Waals surface area contributed by atoms with Crippen molar-refractivity contribution >= 4 is 33.2 Å². The second-order valence-electron chi connectivity index (χ2n) is 4.00. The van der Waals surface area contributed by atoms with Gasteiger partial charge < -0.3 is 15.8 Å². The van der Waals surface area contributed by atoms with Gasteiger partial charge in [-0.2, -0.15) is 0 Å². The van der Waals surface area contributed by atoms with Crippen LogP contribution >= 0.6 is 15.9 Å². The number of rotatable bonds is 4. The van der Waals surface area contributed by atoms with Crippen LogP contribution in [0.1, 0.15) is 17.3 Å². The molecule has 0 saturated carbocycles. The molecule has 0 atom stereocenters. The van der Waals surface area contributed by atoms with Crippen molar-refractivity contribution in [3.05, 3.63) is 46.6 Å². The third-order valence-corrected chi connectivity index (χ3v) is 3.04. The number of anilines is 2. The average Bonchev–Trinajstić information content (AvgIpc) is 2.44. The van der Waals surface area contributed by atoms with Gasteiger partial charge in [-0.15, -0.1) is 0 Å². The molecular formula is C14H14BrN3O2. The molecule has 0 aliphatic heterocycles. The van der Waals surface area contributed by atoms with Gasteiger partial charge in [-0.1, -0.05) is 15.9 Å². The Labute approximate surface area is 125 Å². The fourth-order valence-electron chi connectivity index (χ4n) is 1.61. The van der Waals surface area contributed by atoms with Crippen LogP contribution in [0.25, 0.3) is 0 Å². The summed E-state index contributed by atoms with van der Waals surface area (Å²) in [5, 5.41) is 2.74. The Balaban J connectivity index is 2.13. The van der Waals surface area contributed by atoms with Gasteiger partial charge in [-0.3, -0.25) is 4.79 Å². The standard InChI is InChI=1S/C14H14BrN3O2/c1-2-20-13-6-4-10(8-17-13)18-14(19)11-7-9(15)3-5-12(11)16/h3-8H,2,16H2,1H3,(H,18,19). The first-order chi connectivity index (χ1) is 9.60. The van der Waals surface area contributed by atoms with Gasteiger partial charge in [0.2, 0.25) is 5.88 Å². The Morgan fingerprint density at radius 2 is 2.20 bits per heavy atom. The van der Waals surface area contributed by atoms with Crippen LogP contribution < -0.4 is 15.8 Å². The van der Waals surface area contributed by atoms with Crippen molar-refractivity contribution in [3.63, 3.8) is 0 Å². The summed E-state index contributed by atoms with van der Waals surface area (Å²) in [6.45, 7) is 2.43. The van der Waals surface area contributed by atoms with Crippen LogP contribution in [0.4, 0.5) is 11.4 Å². The van der Waals surface area contributed by atoms with Gasteiger partial charge in [0.1, 0.15) is 0 Å². The summed E-state index contributed by atoms with van der Waals surface area (Å²) in [6.07, 6.45) is 1.54. The van der Waals surface area contributed by atoms with E-state index in [0.29, 0.717) is 29.4 Å². The van der Waals surface area contributed by atoms with Crippen LogP contribution in [0.3, 0.4) is 0 Å². The zero-order chi connectivity index (χ0) is 14.5. The highest BCUT2D eigenvalue weighted by atomic mass is 79.9. The lowest BCUT2D eigenvalue weighted by molar-refractivity contribution is 0.102. The molecule has 1 heterocycles. The van der Waals surface area contributed by atoms with E-state index in [-0.39, 0.29) is 5.91 Å². The van der Waals surface area contributed by atoms with E-state index in [2.05, 4.69) is 26.2 Å². The number of hydrogen-bond donors (Lipinski definition) is 2. The van der Waals surface area contributed by atoms with Gasteiger partial charge in [-0.05, 0) is 31.2 Å². The lowest BCUT2D eigenvalue weighted by Crippen LogP contribution is -2.14. The molecule has 5 nitrogen and oxygen atoms in total. The van der Waals surface area contributed by atoms with Crippen LogP contribution in [-0.4, -0.2) is 17.5 Å². The number of hydrogen-bond acceptors (Lipinski definition) is 4. The molecule has 0 aliphatic rings. The molecule has 1 amide bonds. The second-order valence-corrected chi connectivity index (χ2v) is 4.92.